The van der Waals surface area contributed by atoms with Crippen LogP contribution in [0.5, 0.6) is 0 Å². The Labute approximate surface area is 104 Å². The molecular formula is C15H22N2. The van der Waals surface area contributed by atoms with Gasteiger partial charge in [0.05, 0.1) is 0 Å². The number of fused-ring (bicyclic) bond motifs is 1. The highest BCUT2D eigenvalue weighted by Crippen LogP contribution is 2.24. The van der Waals surface area contributed by atoms with E-state index in [9.17, 15) is 0 Å². The Kier molecular flexibility index (Phi) is 3.32. The molecule has 1 saturated heterocycles. The molecule has 1 atom stereocenters. The van der Waals surface area contributed by atoms with Gasteiger partial charge in [0.15, 0.2) is 0 Å². The summed E-state index contributed by atoms with van der Waals surface area (Å²) in [5, 5.41) is 7.02. The molecule has 2 aliphatic rings. The third-order valence-electron chi connectivity index (χ3n) is 4.11. The highest BCUT2D eigenvalue weighted by atomic mass is 14.9. The summed E-state index contributed by atoms with van der Waals surface area (Å²) in [6.07, 6.45) is 6.60. The molecular weight excluding hydrogens is 208 g/mol. The number of rotatable bonds is 3. The quantitative estimate of drug-likeness (QED) is 0.834. The van der Waals surface area contributed by atoms with Crippen molar-refractivity contribution in [3.63, 3.8) is 0 Å². The van der Waals surface area contributed by atoms with Crippen LogP contribution in [0, 0.1) is 5.92 Å². The number of hydrogen-bond acceptors (Lipinski definition) is 2. The zero-order valence-electron chi connectivity index (χ0n) is 10.5. The first-order valence-electron chi connectivity index (χ1n) is 6.98. The summed E-state index contributed by atoms with van der Waals surface area (Å²) in [5.74, 6) is 0.811. The minimum absolute atomic E-state index is 0.811. The van der Waals surface area contributed by atoms with Crippen LogP contribution < -0.4 is 10.6 Å². The molecule has 17 heavy (non-hydrogen) atoms. The predicted molar refractivity (Wildman–Crippen MR) is 72.6 cm³/mol. The van der Waals surface area contributed by atoms with Crippen molar-refractivity contribution < 1.29 is 0 Å². The van der Waals surface area contributed by atoms with E-state index in [1.165, 1.54) is 50.9 Å². The number of anilines is 1. The lowest BCUT2D eigenvalue weighted by molar-refractivity contribution is 0.615. The lowest BCUT2D eigenvalue weighted by atomic mass is 9.91. The molecule has 2 nitrogen and oxygen atoms in total. The lowest BCUT2D eigenvalue weighted by Gasteiger charge is -2.18. The SMILES string of the molecule is c1cc2c(cc1NCC1CCNC1)CCCC2. The number of benzene rings is 1. The lowest BCUT2D eigenvalue weighted by Crippen LogP contribution is -2.17. The maximum atomic E-state index is 3.60. The third kappa shape index (κ3) is 2.63. The first kappa shape index (κ1) is 11.1. The Morgan fingerprint density at radius 1 is 1.18 bits per heavy atom. The topological polar surface area (TPSA) is 24.1 Å². The fourth-order valence-electron chi connectivity index (χ4n) is 2.99. The number of hydrogen-bond donors (Lipinski definition) is 2. The summed E-state index contributed by atoms with van der Waals surface area (Å²) >= 11 is 0. The molecule has 1 fully saturated rings. The van der Waals surface area contributed by atoms with E-state index in [2.05, 4.69) is 28.8 Å². The minimum atomic E-state index is 0.811. The van der Waals surface area contributed by atoms with Gasteiger partial charge < -0.3 is 10.6 Å². The molecule has 2 N–H and O–H groups in total. The van der Waals surface area contributed by atoms with E-state index in [-0.39, 0.29) is 0 Å². The van der Waals surface area contributed by atoms with Gasteiger partial charge in [-0.05, 0) is 74.4 Å². The van der Waals surface area contributed by atoms with Gasteiger partial charge >= 0.3 is 0 Å². The molecule has 0 amide bonds. The molecule has 0 saturated carbocycles. The van der Waals surface area contributed by atoms with E-state index in [4.69, 9.17) is 0 Å². The second kappa shape index (κ2) is 5.09. The van der Waals surface area contributed by atoms with E-state index < -0.39 is 0 Å². The zero-order valence-corrected chi connectivity index (χ0v) is 10.5. The normalized spacial score (nSPS) is 23.4. The van der Waals surface area contributed by atoms with Crippen LogP contribution in [-0.4, -0.2) is 19.6 Å². The van der Waals surface area contributed by atoms with Gasteiger partial charge in [0.1, 0.15) is 0 Å². The van der Waals surface area contributed by atoms with Crippen LogP contribution >= 0.6 is 0 Å². The predicted octanol–water partition coefficient (Wildman–Crippen LogP) is 2.59. The zero-order chi connectivity index (χ0) is 11.5. The number of aryl methyl sites for hydroxylation is 2. The van der Waals surface area contributed by atoms with Crippen molar-refractivity contribution in [2.45, 2.75) is 32.1 Å². The van der Waals surface area contributed by atoms with Crippen LogP contribution in [0.4, 0.5) is 5.69 Å². The van der Waals surface area contributed by atoms with Crippen molar-refractivity contribution in [2.75, 3.05) is 25.0 Å². The van der Waals surface area contributed by atoms with Crippen molar-refractivity contribution in [1.29, 1.82) is 0 Å². The van der Waals surface area contributed by atoms with Crippen LogP contribution in [-0.2, 0) is 12.8 Å². The maximum Gasteiger partial charge on any atom is 0.0343 e. The first-order valence-corrected chi connectivity index (χ1v) is 6.98. The van der Waals surface area contributed by atoms with Gasteiger partial charge in [0.25, 0.3) is 0 Å². The Bertz CT molecular complexity index is 381. The highest BCUT2D eigenvalue weighted by Gasteiger charge is 2.14. The molecule has 1 heterocycles. The Hall–Kier alpha value is -1.02. The van der Waals surface area contributed by atoms with Gasteiger partial charge in [0, 0.05) is 12.2 Å². The molecule has 1 aliphatic carbocycles. The second-order valence-corrected chi connectivity index (χ2v) is 5.43. The molecule has 0 bridgehead atoms. The van der Waals surface area contributed by atoms with Crippen molar-refractivity contribution in [1.82, 2.24) is 5.32 Å². The van der Waals surface area contributed by atoms with E-state index in [1.807, 2.05) is 0 Å². The molecule has 1 aromatic rings. The molecule has 0 spiro atoms. The average Bonchev–Trinajstić information content (AvgIpc) is 2.89. The van der Waals surface area contributed by atoms with Gasteiger partial charge in [-0.1, -0.05) is 6.07 Å². The van der Waals surface area contributed by atoms with Crippen molar-refractivity contribution in [2.24, 2.45) is 5.92 Å². The maximum absolute atomic E-state index is 3.60. The Morgan fingerprint density at radius 2 is 2.06 bits per heavy atom. The Morgan fingerprint density at radius 3 is 2.88 bits per heavy atom. The van der Waals surface area contributed by atoms with Crippen LogP contribution in [0.3, 0.4) is 0 Å². The van der Waals surface area contributed by atoms with Gasteiger partial charge in [-0.3, -0.25) is 0 Å². The summed E-state index contributed by atoms with van der Waals surface area (Å²) in [7, 11) is 0. The third-order valence-corrected chi connectivity index (χ3v) is 4.11. The molecule has 1 aromatic carbocycles. The van der Waals surface area contributed by atoms with E-state index >= 15 is 0 Å². The Balaban J connectivity index is 1.62. The fourth-order valence-corrected chi connectivity index (χ4v) is 2.99. The van der Waals surface area contributed by atoms with Crippen molar-refractivity contribution in [3.05, 3.63) is 29.3 Å². The average molecular weight is 230 g/mol. The monoisotopic (exact) mass is 230 g/mol. The van der Waals surface area contributed by atoms with Gasteiger partial charge in [-0.15, -0.1) is 0 Å². The molecule has 1 unspecified atom stereocenters. The van der Waals surface area contributed by atoms with Crippen LogP contribution in [0.1, 0.15) is 30.4 Å². The molecule has 92 valence electrons. The van der Waals surface area contributed by atoms with E-state index in [0.717, 1.165) is 12.5 Å². The molecule has 2 heteroatoms. The van der Waals surface area contributed by atoms with Crippen LogP contribution in [0.2, 0.25) is 0 Å². The molecule has 0 aromatic heterocycles. The number of nitrogens with one attached hydrogen (secondary N) is 2. The smallest absolute Gasteiger partial charge is 0.0343 e. The van der Waals surface area contributed by atoms with Crippen molar-refractivity contribution in [3.8, 4) is 0 Å². The summed E-state index contributed by atoms with van der Waals surface area (Å²) in [6.45, 7) is 3.49. The van der Waals surface area contributed by atoms with Gasteiger partial charge in [-0.2, -0.15) is 0 Å². The highest BCUT2D eigenvalue weighted by molar-refractivity contribution is 5.49. The largest absolute Gasteiger partial charge is 0.385 e. The summed E-state index contributed by atoms with van der Waals surface area (Å²) in [4.78, 5) is 0. The summed E-state index contributed by atoms with van der Waals surface area (Å²) in [5.41, 5.74) is 4.47. The fraction of sp³-hybridized carbons (Fsp3) is 0.600. The van der Waals surface area contributed by atoms with Crippen LogP contribution in [0.15, 0.2) is 18.2 Å². The molecule has 0 radical (unpaired) electrons. The standard InChI is InChI=1S/C15H22N2/c1-2-4-14-9-15(6-5-13(14)3-1)17-11-12-7-8-16-10-12/h5-6,9,12,16-17H,1-4,7-8,10-11H2. The first-order chi connectivity index (χ1) is 8.42. The molecule has 3 rings (SSSR count). The van der Waals surface area contributed by atoms with Gasteiger partial charge in [0.2, 0.25) is 0 Å². The van der Waals surface area contributed by atoms with Crippen LogP contribution in [0.25, 0.3) is 0 Å². The van der Waals surface area contributed by atoms with Gasteiger partial charge in [-0.25, -0.2) is 0 Å². The van der Waals surface area contributed by atoms with E-state index in [0.29, 0.717) is 0 Å². The second-order valence-electron chi connectivity index (χ2n) is 5.43. The molecule has 1 aliphatic heterocycles. The van der Waals surface area contributed by atoms with Crippen molar-refractivity contribution >= 4 is 5.69 Å². The summed E-state index contributed by atoms with van der Waals surface area (Å²) in [6, 6.07) is 6.95. The summed E-state index contributed by atoms with van der Waals surface area (Å²) < 4.78 is 0. The van der Waals surface area contributed by atoms with E-state index in [1.54, 1.807) is 11.1 Å². The minimum Gasteiger partial charge on any atom is -0.385 e.